The van der Waals surface area contributed by atoms with E-state index in [-0.39, 0.29) is 11.9 Å². The number of carbonyl (C=O) groups is 1. The van der Waals surface area contributed by atoms with Crippen LogP contribution in [0.3, 0.4) is 0 Å². The van der Waals surface area contributed by atoms with Gasteiger partial charge in [0.05, 0.1) is 6.54 Å². The van der Waals surface area contributed by atoms with E-state index in [1.807, 2.05) is 24.3 Å². The molecule has 0 saturated carbocycles. The minimum absolute atomic E-state index is 0.0464. The van der Waals surface area contributed by atoms with E-state index in [0.29, 0.717) is 13.1 Å². The number of fused-ring (bicyclic) bond motifs is 1. The third-order valence-corrected chi connectivity index (χ3v) is 4.67. The van der Waals surface area contributed by atoms with E-state index in [1.54, 1.807) is 0 Å². The monoisotopic (exact) mass is 346 g/mol. The predicted octanol–water partition coefficient (Wildman–Crippen LogP) is 4.24. The van der Waals surface area contributed by atoms with Gasteiger partial charge >= 0.3 is 0 Å². The third-order valence-electron chi connectivity index (χ3n) is 4.67. The van der Waals surface area contributed by atoms with Crippen LogP contribution in [-0.2, 0) is 11.2 Å². The van der Waals surface area contributed by atoms with Crippen LogP contribution in [0.5, 0.6) is 0 Å². The highest BCUT2D eigenvalue weighted by Crippen LogP contribution is 2.23. The first-order valence-electron chi connectivity index (χ1n) is 9.26. The summed E-state index contributed by atoms with van der Waals surface area (Å²) in [5.74, 6) is 0.0464. The van der Waals surface area contributed by atoms with Gasteiger partial charge in [-0.1, -0.05) is 72.8 Å². The zero-order valence-electron chi connectivity index (χ0n) is 15.2. The molecule has 0 saturated heterocycles. The summed E-state index contributed by atoms with van der Waals surface area (Å²) >= 11 is 0. The fraction of sp³-hybridized carbons (Fsp3) is 0.261. The van der Waals surface area contributed by atoms with Crippen molar-refractivity contribution in [3.8, 4) is 0 Å². The summed E-state index contributed by atoms with van der Waals surface area (Å²) in [4.78, 5) is 12.1. The van der Waals surface area contributed by atoms with Crippen molar-refractivity contribution in [2.45, 2.75) is 25.8 Å². The fourth-order valence-electron chi connectivity index (χ4n) is 3.21. The van der Waals surface area contributed by atoms with Crippen LogP contribution in [0.25, 0.3) is 10.8 Å². The van der Waals surface area contributed by atoms with Crippen LogP contribution in [0.1, 0.15) is 30.5 Å². The predicted molar refractivity (Wildman–Crippen MR) is 108 cm³/mol. The first kappa shape index (κ1) is 18.2. The second-order valence-electron chi connectivity index (χ2n) is 6.61. The molecule has 3 aromatic carbocycles. The van der Waals surface area contributed by atoms with Gasteiger partial charge in [-0.25, -0.2) is 0 Å². The molecule has 3 nitrogen and oxygen atoms in total. The molecule has 134 valence electrons. The minimum Gasteiger partial charge on any atom is -0.355 e. The molecule has 0 spiro atoms. The highest BCUT2D eigenvalue weighted by Gasteiger charge is 2.10. The van der Waals surface area contributed by atoms with Crippen LogP contribution in [0.4, 0.5) is 0 Å². The van der Waals surface area contributed by atoms with E-state index in [9.17, 15) is 4.79 Å². The molecule has 0 radical (unpaired) electrons. The van der Waals surface area contributed by atoms with Gasteiger partial charge in [0.1, 0.15) is 0 Å². The summed E-state index contributed by atoms with van der Waals surface area (Å²) in [6.07, 6.45) is 1.94. The second-order valence-corrected chi connectivity index (χ2v) is 6.61. The molecule has 26 heavy (non-hydrogen) atoms. The summed E-state index contributed by atoms with van der Waals surface area (Å²) in [5, 5.41) is 8.79. The Balaban J connectivity index is 1.43. The van der Waals surface area contributed by atoms with Crippen molar-refractivity contribution in [3.63, 3.8) is 0 Å². The molecule has 0 aromatic heterocycles. The Bertz CT molecular complexity index is 840. The maximum absolute atomic E-state index is 12.1. The van der Waals surface area contributed by atoms with E-state index in [4.69, 9.17) is 0 Å². The first-order chi connectivity index (χ1) is 12.7. The van der Waals surface area contributed by atoms with Crippen LogP contribution < -0.4 is 10.6 Å². The van der Waals surface area contributed by atoms with Crippen molar-refractivity contribution in [2.75, 3.05) is 13.1 Å². The summed E-state index contributed by atoms with van der Waals surface area (Å²) in [6, 6.07) is 25.1. The molecular formula is C23H26N2O. The average molecular weight is 346 g/mol. The molecule has 3 aromatic rings. The average Bonchev–Trinajstić information content (AvgIpc) is 2.70. The Morgan fingerprint density at radius 3 is 2.50 bits per heavy atom. The molecule has 0 aliphatic heterocycles. The maximum atomic E-state index is 12.1. The quantitative estimate of drug-likeness (QED) is 0.599. The van der Waals surface area contributed by atoms with Gasteiger partial charge in [-0.15, -0.1) is 0 Å². The first-order valence-corrected chi connectivity index (χ1v) is 9.26. The third kappa shape index (κ3) is 4.93. The molecular weight excluding hydrogens is 320 g/mol. The standard InChI is InChI=1S/C23H26N2O/c1-18(21-15-7-13-20-12-5-6-14-22(20)21)25-17-23(26)24-16-8-11-19-9-3-2-4-10-19/h2-7,9-10,12-15,18,25H,8,11,16-17H2,1H3,(H,24,26)/t18-/m0/s1. The number of hydrogen-bond acceptors (Lipinski definition) is 2. The Labute approximate surface area is 155 Å². The molecule has 0 aliphatic rings. The SMILES string of the molecule is C[C@H](NCC(=O)NCCCc1ccccc1)c1cccc2ccccc12. The van der Waals surface area contributed by atoms with Gasteiger partial charge < -0.3 is 10.6 Å². The molecule has 1 amide bonds. The lowest BCUT2D eigenvalue weighted by Crippen LogP contribution is -2.35. The number of benzene rings is 3. The van der Waals surface area contributed by atoms with Gasteiger partial charge in [0.25, 0.3) is 0 Å². The molecule has 0 bridgehead atoms. The smallest absolute Gasteiger partial charge is 0.233 e. The van der Waals surface area contributed by atoms with Crippen molar-refractivity contribution >= 4 is 16.7 Å². The normalized spacial score (nSPS) is 12.0. The highest BCUT2D eigenvalue weighted by atomic mass is 16.1. The lowest BCUT2D eigenvalue weighted by atomic mass is 10.00. The van der Waals surface area contributed by atoms with E-state index >= 15 is 0 Å². The number of carbonyl (C=O) groups excluding carboxylic acids is 1. The summed E-state index contributed by atoms with van der Waals surface area (Å²) < 4.78 is 0. The molecule has 0 heterocycles. The molecule has 3 heteroatoms. The van der Waals surface area contributed by atoms with Gasteiger partial charge in [-0.3, -0.25) is 4.79 Å². The van der Waals surface area contributed by atoms with E-state index in [1.165, 1.54) is 21.9 Å². The fourth-order valence-corrected chi connectivity index (χ4v) is 3.21. The van der Waals surface area contributed by atoms with Crippen LogP contribution >= 0.6 is 0 Å². The van der Waals surface area contributed by atoms with Crippen LogP contribution in [0.2, 0.25) is 0 Å². The molecule has 0 unspecified atom stereocenters. The summed E-state index contributed by atoms with van der Waals surface area (Å²) in [5.41, 5.74) is 2.53. The van der Waals surface area contributed by atoms with Gasteiger partial charge in [-0.2, -0.15) is 0 Å². The molecule has 3 rings (SSSR count). The number of amides is 1. The van der Waals surface area contributed by atoms with Crippen LogP contribution in [-0.4, -0.2) is 19.0 Å². The Hall–Kier alpha value is -2.65. The van der Waals surface area contributed by atoms with Crippen LogP contribution in [0.15, 0.2) is 72.8 Å². The van der Waals surface area contributed by atoms with Gasteiger partial charge in [0.2, 0.25) is 5.91 Å². The minimum atomic E-state index is 0.0464. The van der Waals surface area contributed by atoms with Crippen molar-refractivity contribution in [1.82, 2.24) is 10.6 Å². The Morgan fingerprint density at radius 1 is 0.923 bits per heavy atom. The maximum Gasteiger partial charge on any atom is 0.233 e. The van der Waals surface area contributed by atoms with Crippen LogP contribution in [0, 0.1) is 0 Å². The Morgan fingerprint density at radius 2 is 1.65 bits per heavy atom. The number of nitrogens with one attached hydrogen (secondary N) is 2. The van der Waals surface area contributed by atoms with Gasteiger partial charge in [0.15, 0.2) is 0 Å². The zero-order chi connectivity index (χ0) is 18.2. The van der Waals surface area contributed by atoms with E-state index in [2.05, 4.69) is 66.1 Å². The number of aryl methyl sites for hydroxylation is 1. The van der Waals surface area contributed by atoms with E-state index < -0.39 is 0 Å². The molecule has 0 aliphatic carbocycles. The Kier molecular flexibility index (Phi) is 6.39. The topological polar surface area (TPSA) is 41.1 Å². The largest absolute Gasteiger partial charge is 0.355 e. The highest BCUT2D eigenvalue weighted by molar-refractivity contribution is 5.86. The van der Waals surface area contributed by atoms with Crippen molar-refractivity contribution in [2.24, 2.45) is 0 Å². The van der Waals surface area contributed by atoms with Crippen molar-refractivity contribution in [1.29, 1.82) is 0 Å². The van der Waals surface area contributed by atoms with Crippen molar-refractivity contribution in [3.05, 3.63) is 83.9 Å². The summed E-state index contributed by atoms with van der Waals surface area (Å²) in [6.45, 7) is 3.14. The van der Waals surface area contributed by atoms with E-state index in [0.717, 1.165) is 12.8 Å². The van der Waals surface area contributed by atoms with Gasteiger partial charge in [-0.05, 0) is 41.7 Å². The second kappa shape index (κ2) is 9.16. The summed E-state index contributed by atoms with van der Waals surface area (Å²) in [7, 11) is 0. The lowest BCUT2D eigenvalue weighted by Gasteiger charge is -2.16. The lowest BCUT2D eigenvalue weighted by molar-refractivity contribution is -0.120. The molecule has 0 fully saturated rings. The van der Waals surface area contributed by atoms with Crippen molar-refractivity contribution < 1.29 is 4.79 Å². The zero-order valence-corrected chi connectivity index (χ0v) is 15.2. The molecule has 1 atom stereocenters. The molecule has 2 N–H and O–H groups in total. The van der Waals surface area contributed by atoms with Gasteiger partial charge in [0, 0.05) is 12.6 Å². The number of hydrogen-bond donors (Lipinski definition) is 2. The number of rotatable bonds is 8.